The summed E-state index contributed by atoms with van der Waals surface area (Å²) in [6, 6.07) is 4.70. The Balaban J connectivity index is 3.43. The van der Waals surface area contributed by atoms with Crippen molar-refractivity contribution in [2.75, 3.05) is 5.73 Å². The molecular weight excluding hydrogens is 176 g/mol. The summed E-state index contributed by atoms with van der Waals surface area (Å²) < 4.78 is 21.8. The zero-order chi connectivity index (χ0) is 9.35. The molecule has 0 atom stereocenters. The first kappa shape index (κ1) is 9.02. The number of hydrogen-bond acceptors (Lipinski definition) is 3. The lowest BCUT2D eigenvalue weighted by Gasteiger charge is -2.02. The number of hydrogen-bond donors (Lipinski definition) is 2. The summed E-state index contributed by atoms with van der Waals surface area (Å²) in [6.45, 7) is 1.77. The highest BCUT2D eigenvalue weighted by molar-refractivity contribution is 7.89. The van der Waals surface area contributed by atoms with Crippen LogP contribution in [0.2, 0.25) is 0 Å². The topological polar surface area (TPSA) is 86.2 Å². The van der Waals surface area contributed by atoms with Crippen LogP contribution in [0.5, 0.6) is 0 Å². The number of anilines is 1. The maximum Gasteiger partial charge on any atom is 0.240 e. The van der Waals surface area contributed by atoms with Gasteiger partial charge in [-0.2, -0.15) is 0 Å². The van der Waals surface area contributed by atoms with Crippen molar-refractivity contribution < 1.29 is 8.42 Å². The van der Waals surface area contributed by atoms with Gasteiger partial charge in [-0.1, -0.05) is 6.07 Å². The van der Waals surface area contributed by atoms with Gasteiger partial charge in [0.05, 0.1) is 5.69 Å². The zero-order valence-electron chi connectivity index (χ0n) is 6.61. The van der Waals surface area contributed by atoms with E-state index in [9.17, 15) is 8.42 Å². The van der Waals surface area contributed by atoms with Gasteiger partial charge in [0.1, 0.15) is 4.90 Å². The second-order valence-electron chi connectivity index (χ2n) is 2.59. The Kier molecular flexibility index (Phi) is 2.08. The van der Waals surface area contributed by atoms with E-state index < -0.39 is 10.0 Å². The van der Waals surface area contributed by atoms with Crippen LogP contribution < -0.4 is 10.9 Å². The Morgan fingerprint density at radius 2 is 1.92 bits per heavy atom. The van der Waals surface area contributed by atoms with E-state index in [1.54, 1.807) is 13.0 Å². The summed E-state index contributed by atoms with van der Waals surface area (Å²) in [4.78, 5) is -0.0116. The van der Waals surface area contributed by atoms with Gasteiger partial charge < -0.3 is 5.73 Å². The van der Waals surface area contributed by atoms with Gasteiger partial charge in [-0.25, -0.2) is 13.6 Å². The molecule has 0 saturated carbocycles. The molecule has 66 valence electrons. The fraction of sp³-hybridized carbons (Fsp3) is 0.143. The number of nitrogen functional groups attached to an aromatic ring is 1. The quantitative estimate of drug-likeness (QED) is 0.615. The lowest BCUT2D eigenvalue weighted by molar-refractivity contribution is 0.598. The molecule has 0 aliphatic carbocycles. The molecular formula is C7H10N2O2S. The van der Waals surface area contributed by atoms with E-state index in [1.807, 2.05) is 0 Å². The van der Waals surface area contributed by atoms with Crippen molar-refractivity contribution in [3.05, 3.63) is 23.8 Å². The predicted molar refractivity (Wildman–Crippen MR) is 47.0 cm³/mol. The van der Waals surface area contributed by atoms with E-state index in [2.05, 4.69) is 0 Å². The predicted octanol–water partition coefficient (Wildman–Crippen LogP) is 0.225. The molecule has 1 aromatic rings. The number of sulfonamides is 1. The fourth-order valence-corrected chi connectivity index (χ4v) is 1.63. The molecule has 0 aromatic heterocycles. The van der Waals surface area contributed by atoms with Crippen LogP contribution in [0.3, 0.4) is 0 Å². The van der Waals surface area contributed by atoms with Crippen LogP contribution in [-0.4, -0.2) is 8.42 Å². The SMILES string of the molecule is Cc1ccc(N)c(S(N)(=O)=O)c1. The number of rotatable bonds is 1. The molecule has 0 amide bonds. The van der Waals surface area contributed by atoms with Crippen molar-refractivity contribution in [3.63, 3.8) is 0 Å². The summed E-state index contributed by atoms with van der Waals surface area (Å²) in [5.41, 5.74) is 6.41. The van der Waals surface area contributed by atoms with Crippen LogP contribution >= 0.6 is 0 Å². The Labute approximate surface area is 71.2 Å². The van der Waals surface area contributed by atoms with Gasteiger partial charge in [0.15, 0.2) is 0 Å². The third kappa shape index (κ3) is 1.75. The van der Waals surface area contributed by atoms with Crippen molar-refractivity contribution >= 4 is 15.7 Å². The first-order chi connectivity index (χ1) is 5.41. The summed E-state index contributed by atoms with van der Waals surface area (Å²) in [7, 11) is -3.68. The largest absolute Gasteiger partial charge is 0.398 e. The van der Waals surface area contributed by atoms with E-state index in [4.69, 9.17) is 10.9 Å². The van der Waals surface area contributed by atoms with E-state index in [0.717, 1.165) is 5.56 Å². The molecule has 1 rings (SSSR count). The molecule has 0 saturated heterocycles. The number of nitrogens with two attached hydrogens (primary N) is 2. The van der Waals surface area contributed by atoms with Gasteiger partial charge >= 0.3 is 0 Å². The van der Waals surface area contributed by atoms with Crippen LogP contribution in [0.1, 0.15) is 5.56 Å². The molecule has 1 aromatic carbocycles. The van der Waals surface area contributed by atoms with Gasteiger partial charge in [0, 0.05) is 0 Å². The summed E-state index contributed by atoms with van der Waals surface area (Å²) in [5.74, 6) is 0. The maximum atomic E-state index is 10.9. The number of aryl methyl sites for hydroxylation is 1. The van der Waals surface area contributed by atoms with E-state index in [-0.39, 0.29) is 10.6 Å². The van der Waals surface area contributed by atoms with Crippen molar-refractivity contribution in [1.82, 2.24) is 0 Å². The second kappa shape index (κ2) is 2.76. The highest BCUT2D eigenvalue weighted by Gasteiger charge is 2.11. The van der Waals surface area contributed by atoms with E-state index in [1.165, 1.54) is 12.1 Å². The molecule has 0 bridgehead atoms. The van der Waals surface area contributed by atoms with Crippen LogP contribution in [0.25, 0.3) is 0 Å². The first-order valence-electron chi connectivity index (χ1n) is 3.30. The molecule has 4 N–H and O–H groups in total. The zero-order valence-corrected chi connectivity index (χ0v) is 7.43. The Morgan fingerprint density at radius 3 is 2.33 bits per heavy atom. The third-order valence-corrected chi connectivity index (χ3v) is 2.44. The smallest absolute Gasteiger partial charge is 0.240 e. The molecule has 5 heteroatoms. The third-order valence-electron chi connectivity index (χ3n) is 1.48. The normalized spacial score (nSPS) is 11.5. The second-order valence-corrected chi connectivity index (χ2v) is 4.12. The Hall–Kier alpha value is -1.07. The average Bonchev–Trinajstić information content (AvgIpc) is 1.92. The van der Waals surface area contributed by atoms with Crippen molar-refractivity contribution in [2.24, 2.45) is 5.14 Å². The van der Waals surface area contributed by atoms with Gasteiger partial charge in [-0.05, 0) is 24.6 Å². The molecule has 12 heavy (non-hydrogen) atoms. The molecule has 0 fully saturated rings. The minimum Gasteiger partial charge on any atom is -0.398 e. The van der Waals surface area contributed by atoms with Crippen LogP contribution in [0.15, 0.2) is 23.1 Å². The number of benzene rings is 1. The number of primary sulfonamides is 1. The van der Waals surface area contributed by atoms with Crippen LogP contribution in [-0.2, 0) is 10.0 Å². The molecule has 0 aliphatic rings. The standard InChI is InChI=1S/C7H10N2O2S/c1-5-2-3-6(8)7(4-5)12(9,10)11/h2-4H,8H2,1H3,(H2,9,10,11). The molecule has 0 spiro atoms. The Morgan fingerprint density at radius 1 is 1.33 bits per heavy atom. The highest BCUT2D eigenvalue weighted by Crippen LogP contribution is 2.17. The molecule has 4 nitrogen and oxygen atoms in total. The Bertz CT molecular complexity index is 398. The van der Waals surface area contributed by atoms with Crippen LogP contribution in [0.4, 0.5) is 5.69 Å². The highest BCUT2D eigenvalue weighted by atomic mass is 32.2. The summed E-state index contributed by atoms with van der Waals surface area (Å²) in [6.07, 6.45) is 0. The lowest BCUT2D eigenvalue weighted by atomic mass is 10.2. The average molecular weight is 186 g/mol. The van der Waals surface area contributed by atoms with E-state index >= 15 is 0 Å². The lowest BCUT2D eigenvalue weighted by Crippen LogP contribution is -2.14. The van der Waals surface area contributed by atoms with Gasteiger partial charge in [0.25, 0.3) is 0 Å². The van der Waals surface area contributed by atoms with Crippen molar-refractivity contribution in [2.45, 2.75) is 11.8 Å². The summed E-state index contributed by atoms with van der Waals surface area (Å²) >= 11 is 0. The van der Waals surface area contributed by atoms with Gasteiger partial charge in [0.2, 0.25) is 10.0 Å². The van der Waals surface area contributed by atoms with Crippen molar-refractivity contribution in [3.8, 4) is 0 Å². The first-order valence-corrected chi connectivity index (χ1v) is 4.85. The van der Waals surface area contributed by atoms with Crippen LogP contribution in [0, 0.1) is 6.92 Å². The minimum atomic E-state index is -3.68. The molecule has 0 radical (unpaired) electrons. The molecule has 0 aliphatic heterocycles. The summed E-state index contributed by atoms with van der Waals surface area (Å²) in [5, 5.41) is 4.92. The minimum absolute atomic E-state index is 0.0116. The van der Waals surface area contributed by atoms with Crippen molar-refractivity contribution in [1.29, 1.82) is 0 Å². The van der Waals surface area contributed by atoms with Gasteiger partial charge in [-0.3, -0.25) is 0 Å². The fourth-order valence-electron chi connectivity index (χ4n) is 0.888. The monoisotopic (exact) mass is 186 g/mol. The molecule has 0 unspecified atom stereocenters. The van der Waals surface area contributed by atoms with Gasteiger partial charge in [-0.15, -0.1) is 0 Å². The van der Waals surface area contributed by atoms with E-state index in [0.29, 0.717) is 0 Å². The molecule has 0 heterocycles. The maximum absolute atomic E-state index is 10.9.